The van der Waals surface area contributed by atoms with Gasteiger partial charge in [-0.05, 0) is 18.2 Å². The standard InChI is InChI=1S/C11H14FN3/c1-14(2)15-6-5-13-8-9-7-10(12)3-4-11(9)15/h3-4,7-8H,5-6H2,1-2H3. The number of hydrazine groups is 1. The number of hydrogen-bond donors (Lipinski definition) is 0. The summed E-state index contributed by atoms with van der Waals surface area (Å²) in [6.07, 6.45) is 1.74. The maximum Gasteiger partial charge on any atom is 0.124 e. The highest BCUT2D eigenvalue weighted by Gasteiger charge is 2.14. The number of benzene rings is 1. The highest BCUT2D eigenvalue weighted by Crippen LogP contribution is 2.22. The fourth-order valence-electron chi connectivity index (χ4n) is 1.72. The molecule has 0 fully saturated rings. The highest BCUT2D eigenvalue weighted by molar-refractivity contribution is 5.88. The van der Waals surface area contributed by atoms with Crippen LogP contribution in [0.2, 0.25) is 0 Å². The van der Waals surface area contributed by atoms with E-state index in [1.165, 1.54) is 12.1 Å². The van der Waals surface area contributed by atoms with Crippen LogP contribution in [-0.2, 0) is 0 Å². The van der Waals surface area contributed by atoms with Gasteiger partial charge < -0.3 is 5.01 Å². The van der Waals surface area contributed by atoms with E-state index < -0.39 is 0 Å². The molecule has 0 bridgehead atoms. The summed E-state index contributed by atoms with van der Waals surface area (Å²) in [5, 5.41) is 4.08. The molecule has 1 aliphatic rings. The second kappa shape index (κ2) is 3.98. The lowest BCUT2D eigenvalue weighted by molar-refractivity contribution is 0.373. The predicted molar refractivity (Wildman–Crippen MR) is 59.9 cm³/mol. The zero-order chi connectivity index (χ0) is 10.8. The maximum atomic E-state index is 13.1. The molecule has 2 rings (SSSR count). The number of anilines is 1. The molecule has 0 atom stereocenters. The lowest BCUT2D eigenvalue weighted by Gasteiger charge is -2.30. The van der Waals surface area contributed by atoms with Gasteiger partial charge in [-0.15, -0.1) is 0 Å². The van der Waals surface area contributed by atoms with Gasteiger partial charge in [0, 0.05) is 25.9 Å². The van der Waals surface area contributed by atoms with Gasteiger partial charge in [-0.2, -0.15) is 0 Å². The van der Waals surface area contributed by atoms with Crippen LogP contribution in [0.1, 0.15) is 5.56 Å². The fraction of sp³-hybridized carbons (Fsp3) is 0.364. The second-order valence-corrected chi connectivity index (χ2v) is 3.71. The Morgan fingerprint density at radius 2 is 2.20 bits per heavy atom. The summed E-state index contributed by atoms with van der Waals surface area (Å²) >= 11 is 0. The third kappa shape index (κ3) is 1.99. The van der Waals surface area contributed by atoms with Crippen LogP contribution in [0.15, 0.2) is 23.2 Å². The first-order valence-electron chi connectivity index (χ1n) is 4.92. The van der Waals surface area contributed by atoms with Gasteiger partial charge in [0.1, 0.15) is 5.82 Å². The first-order valence-corrected chi connectivity index (χ1v) is 4.92. The summed E-state index contributed by atoms with van der Waals surface area (Å²) in [6, 6.07) is 4.79. The van der Waals surface area contributed by atoms with Gasteiger partial charge >= 0.3 is 0 Å². The van der Waals surface area contributed by atoms with E-state index in [1.54, 1.807) is 12.3 Å². The van der Waals surface area contributed by atoms with E-state index in [0.717, 1.165) is 24.3 Å². The number of aliphatic imine (C=N–C) groups is 1. The lowest BCUT2D eigenvalue weighted by Crippen LogP contribution is -2.38. The summed E-state index contributed by atoms with van der Waals surface area (Å²) < 4.78 is 13.1. The van der Waals surface area contributed by atoms with Gasteiger partial charge in [-0.3, -0.25) is 4.99 Å². The molecule has 1 heterocycles. The average molecular weight is 207 g/mol. The monoisotopic (exact) mass is 207 g/mol. The van der Waals surface area contributed by atoms with Crippen molar-refractivity contribution in [2.75, 3.05) is 32.2 Å². The Labute approximate surface area is 88.8 Å². The van der Waals surface area contributed by atoms with Crippen LogP contribution in [0.4, 0.5) is 10.1 Å². The zero-order valence-corrected chi connectivity index (χ0v) is 8.94. The fourth-order valence-corrected chi connectivity index (χ4v) is 1.72. The summed E-state index contributed by atoms with van der Waals surface area (Å²) in [4.78, 5) is 4.23. The molecule has 0 unspecified atom stereocenters. The Balaban J connectivity index is 2.46. The van der Waals surface area contributed by atoms with E-state index in [-0.39, 0.29) is 5.82 Å². The quantitative estimate of drug-likeness (QED) is 0.695. The average Bonchev–Trinajstić information content (AvgIpc) is 2.38. The molecule has 0 saturated heterocycles. The number of rotatable bonds is 1. The molecule has 15 heavy (non-hydrogen) atoms. The number of nitrogens with zero attached hydrogens (tertiary/aromatic N) is 3. The van der Waals surface area contributed by atoms with Crippen molar-refractivity contribution in [3.05, 3.63) is 29.6 Å². The van der Waals surface area contributed by atoms with Gasteiger partial charge in [0.2, 0.25) is 0 Å². The van der Waals surface area contributed by atoms with Crippen molar-refractivity contribution >= 4 is 11.9 Å². The van der Waals surface area contributed by atoms with Crippen LogP contribution < -0.4 is 5.01 Å². The second-order valence-electron chi connectivity index (χ2n) is 3.71. The molecule has 0 aromatic heterocycles. The smallest absolute Gasteiger partial charge is 0.124 e. The van der Waals surface area contributed by atoms with E-state index in [2.05, 4.69) is 10.0 Å². The SMILES string of the molecule is CN(C)N1CCN=Cc2cc(F)ccc21. The van der Waals surface area contributed by atoms with E-state index in [0.29, 0.717) is 0 Å². The maximum absolute atomic E-state index is 13.1. The summed E-state index contributed by atoms with van der Waals surface area (Å²) in [7, 11) is 3.94. The van der Waals surface area contributed by atoms with Crippen molar-refractivity contribution in [3.63, 3.8) is 0 Å². The van der Waals surface area contributed by atoms with E-state index in [9.17, 15) is 4.39 Å². The normalized spacial score (nSPS) is 15.3. The van der Waals surface area contributed by atoms with Crippen LogP contribution in [-0.4, -0.2) is 38.4 Å². The Bertz CT molecular complexity index is 387. The topological polar surface area (TPSA) is 18.8 Å². The van der Waals surface area contributed by atoms with Gasteiger partial charge in [0.05, 0.1) is 18.8 Å². The van der Waals surface area contributed by atoms with Crippen LogP contribution in [0.3, 0.4) is 0 Å². The van der Waals surface area contributed by atoms with Crippen LogP contribution in [0.25, 0.3) is 0 Å². The van der Waals surface area contributed by atoms with Gasteiger partial charge in [-0.1, -0.05) is 0 Å². The van der Waals surface area contributed by atoms with Gasteiger partial charge in [0.15, 0.2) is 0 Å². The van der Waals surface area contributed by atoms with Crippen molar-refractivity contribution in [1.82, 2.24) is 5.01 Å². The van der Waals surface area contributed by atoms with Crippen molar-refractivity contribution < 1.29 is 4.39 Å². The minimum atomic E-state index is -0.221. The molecule has 0 amide bonds. The number of hydrogen-bond acceptors (Lipinski definition) is 3. The number of benzodiazepines with no additional fused rings is 1. The molecule has 0 spiro atoms. The third-order valence-electron chi connectivity index (χ3n) is 2.42. The molecule has 0 aliphatic carbocycles. The van der Waals surface area contributed by atoms with E-state index >= 15 is 0 Å². The van der Waals surface area contributed by atoms with E-state index in [4.69, 9.17) is 0 Å². The summed E-state index contributed by atoms with van der Waals surface area (Å²) in [6.45, 7) is 1.55. The molecule has 0 radical (unpaired) electrons. The summed E-state index contributed by atoms with van der Waals surface area (Å²) in [5.41, 5.74) is 1.84. The molecule has 0 N–H and O–H groups in total. The lowest BCUT2D eigenvalue weighted by atomic mass is 10.2. The third-order valence-corrected chi connectivity index (χ3v) is 2.42. The number of halogens is 1. The number of fused-ring (bicyclic) bond motifs is 1. The first kappa shape index (κ1) is 10.1. The molecule has 1 aliphatic heterocycles. The Kier molecular flexibility index (Phi) is 2.68. The molecule has 1 aromatic rings. The molecule has 80 valence electrons. The van der Waals surface area contributed by atoms with Crippen LogP contribution in [0, 0.1) is 5.82 Å². The largest absolute Gasteiger partial charge is 0.304 e. The molecular formula is C11H14FN3. The van der Waals surface area contributed by atoms with Crippen LogP contribution in [0.5, 0.6) is 0 Å². The van der Waals surface area contributed by atoms with Crippen LogP contribution >= 0.6 is 0 Å². The minimum absolute atomic E-state index is 0.221. The molecule has 1 aromatic carbocycles. The minimum Gasteiger partial charge on any atom is -0.304 e. The van der Waals surface area contributed by atoms with E-state index in [1.807, 2.05) is 19.1 Å². The zero-order valence-electron chi connectivity index (χ0n) is 8.94. The molecule has 4 heteroatoms. The Hall–Kier alpha value is -1.42. The molecule has 3 nitrogen and oxygen atoms in total. The molecular weight excluding hydrogens is 193 g/mol. The summed E-state index contributed by atoms with van der Waals surface area (Å²) in [5.74, 6) is -0.221. The molecule has 0 saturated carbocycles. The van der Waals surface area contributed by atoms with Crippen molar-refractivity contribution in [1.29, 1.82) is 0 Å². The Morgan fingerprint density at radius 1 is 1.40 bits per heavy atom. The van der Waals surface area contributed by atoms with Crippen molar-refractivity contribution in [2.24, 2.45) is 4.99 Å². The first-order chi connectivity index (χ1) is 7.18. The van der Waals surface area contributed by atoms with Crippen molar-refractivity contribution in [3.8, 4) is 0 Å². The Morgan fingerprint density at radius 3 is 2.93 bits per heavy atom. The van der Waals surface area contributed by atoms with Gasteiger partial charge in [-0.25, -0.2) is 9.40 Å². The predicted octanol–water partition coefficient (Wildman–Crippen LogP) is 1.54. The highest BCUT2D eigenvalue weighted by atomic mass is 19.1. The van der Waals surface area contributed by atoms with Crippen molar-refractivity contribution in [2.45, 2.75) is 0 Å². The van der Waals surface area contributed by atoms with Gasteiger partial charge in [0.25, 0.3) is 0 Å².